The van der Waals surface area contributed by atoms with Gasteiger partial charge in [-0.1, -0.05) is 6.07 Å². The molecule has 1 fully saturated rings. The second-order valence-electron chi connectivity index (χ2n) is 5.36. The minimum atomic E-state index is -0.897. The summed E-state index contributed by atoms with van der Waals surface area (Å²) in [6, 6.07) is 9.12. The third-order valence-corrected chi connectivity index (χ3v) is 3.78. The van der Waals surface area contributed by atoms with E-state index < -0.39 is 5.97 Å². The zero-order valence-corrected chi connectivity index (χ0v) is 12.1. The van der Waals surface area contributed by atoms with Gasteiger partial charge in [-0.3, -0.25) is 0 Å². The van der Waals surface area contributed by atoms with Crippen LogP contribution in [0.3, 0.4) is 0 Å². The van der Waals surface area contributed by atoms with Crippen LogP contribution in [-0.4, -0.2) is 40.2 Å². The van der Waals surface area contributed by atoms with Gasteiger partial charge in [0.25, 0.3) is 0 Å². The summed E-state index contributed by atoms with van der Waals surface area (Å²) in [5.41, 5.74) is 1.26. The fourth-order valence-electron chi connectivity index (χ4n) is 2.72. The van der Waals surface area contributed by atoms with Gasteiger partial charge in [-0.05, 0) is 37.1 Å². The first kappa shape index (κ1) is 14.3. The third kappa shape index (κ3) is 3.33. The van der Waals surface area contributed by atoms with Crippen LogP contribution in [0.5, 0.6) is 0 Å². The Kier molecular flexibility index (Phi) is 4.18. The third-order valence-electron chi connectivity index (χ3n) is 3.78. The van der Waals surface area contributed by atoms with Crippen molar-refractivity contribution in [1.82, 2.24) is 9.97 Å². The molecule has 1 saturated heterocycles. The summed E-state index contributed by atoms with van der Waals surface area (Å²) in [7, 11) is 0. The quantitative estimate of drug-likeness (QED) is 0.901. The zero-order chi connectivity index (χ0) is 15.4. The van der Waals surface area contributed by atoms with E-state index in [-0.39, 0.29) is 6.04 Å². The number of rotatable bonds is 4. The first-order chi connectivity index (χ1) is 10.7. The SMILES string of the molecule is O=C(O)c1cccc(N2CCC[C@H](Nc3ncccn3)C2)c1. The van der Waals surface area contributed by atoms with E-state index in [9.17, 15) is 4.79 Å². The van der Waals surface area contributed by atoms with E-state index >= 15 is 0 Å². The van der Waals surface area contributed by atoms with Crippen molar-refractivity contribution in [2.45, 2.75) is 18.9 Å². The van der Waals surface area contributed by atoms with Gasteiger partial charge < -0.3 is 15.3 Å². The average Bonchev–Trinajstić information content (AvgIpc) is 2.56. The van der Waals surface area contributed by atoms with Crippen molar-refractivity contribution in [2.24, 2.45) is 0 Å². The molecule has 0 spiro atoms. The molecule has 114 valence electrons. The van der Waals surface area contributed by atoms with E-state index in [1.54, 1.807) is 36.7 Å². The topological polar surface area (TPSA) is 78.4 Å². The fraction of sp³-hybridized carbons (Fsp3) is 0.312. The minimum Gasteiger partial charge on any atom is -0.478 e. The summed E-state index contributed by atoms with van der Waals surface area (Å²) in [5, 5.41) is 12.4. The summed E-state index contributed by atoms with van der Waals surface area (Å²) >= 11 is 0. The van der Waals surface area contributed by atoms with Gasteiger partial charge >= 0.3 is 5.97 Å². The van der Waals surface area contributed by atoms with Crippen LogP contribution < -0.4 is 10.2 Å². The van der Waals surface area contributed by atoms with Crippen LogP contribution in [0.25, 0.3) is 0 Å². The van der Waals surface area contributed by atoms with Crippen LogP contribution in [0.15, 0.2) is 42.7 Å². The van der Waals surface area contributed by atoms with Crippen LogP contribution in [0, 0.1) is 0 Å². The van der Waals surface area contributed by atoms with Crippen LogP contribution >= 0.6 is 0 Å². The normalized spacial score (nSPS) is 18.0. The number of nitrogens with zero attached hydrogens (tertiary/aromatic N) is 3. The van der Waals surface area contributed by atoms with E-state index in [0.717, 1.165) is 31.6 Å². The van der Waals surface area contributed by atoms with Gasteiger partial charge in [0.15, 0.2) is 0 Å². The first-order valence-corrected chi connectivity index (χ1v) is 7.34. The van der Waals surface area contributed by atoms with Gasteiger partial charge in [0.1, 0.15) is 0 Å². The minimum absolute atomic E-state index is 0.254. The number of carboxylic acid groups (broad SMARTS) is 1. The van der Waals surface area contributed by atoms with Crippen molar-refractivity contribution in [3.63, 3.8) is 0 Å². The number of carbonyl (C=O) groups is 1. The number of carboxylic acids is 1. The molecule has 1 aliphatic rings. The van der Waals surface area contributed by atoms with Crippen molar-refractivity contribution in [1.29, 1.82) is 0 Å². The van der Waals surface area contributed by atoms with Crippen molar-refractivity contribution >= 4 is 17.6 Å². The maximum absolute atomic E-state index is 11.1. The molecule has 0 aliphatic carbocycles. The Bertz CT molecular complexity index is 648. The number of aromatic carboxylic acids is 1. The number of aromatic nitrogens is 2. The van der Waals surface area contributed by atoms with Crippen molar-refractivity contribution < 1.29 is 9.90 Å². The lowest BCUT2D eigenvalue weighted by Gasteiger charge is -2.34. The highest BCUT2D eigenvalue weighted by molar-refractivity contribution is 5.88. The number of hydrogen-bond acceptors (Lipinski definition) is 5. The summed E-state index contributed by atoms with van der Waals surface area (Å²) in [5.74, 6) is -0.264. The molecule has 1 aromatic heterocycles. The van der Waals surface area contributed by atoms with Gasteiger partial charge in [-0.15, -0.1) is 0 Å². The Hall–Kier alpha value is -2.63. The van der Waals surface area contributed by atoms with Crippen LogP contribution in [-0.2, 0) is 0 Å². The Morgan fingerprint density at radius 3 is 2.86 bits per heavy atom. The lowest BCUT2D eigenvalue weighted by molar-refractivity contribution is 0.0697. The molecule has 0 saturated carbocycles. The first-order valence-electron chi connectivity index (χ1n) is 7.34. The highest BCUT2D eigenvalue weighted by Gasteiger charge is 2.21. The second-order valence-corrected chi connectivity index (χ2v) is 5.36. The van der Waals surface area contributed by atoms with Gasteiger partial charge in [0.2, 0.25) is 5.95 Å². The van der Waals surface area contributed by atoms with Crippen molar-refractivity contribution in [2.75, 3.05) is 23.3 Å². The molecule has 6 nitrogen and oxygen atoms in total. The number of anilines is 2. The number of benzene rings is 1. The molecular weight excluding hydrogens is 280 g/mol. The van der Waals surface area contributed by atoms with Gasteiger partial charge in [0.05, 0.1) is 5.56 Å². The summed E-state index contributed by atoms with van der Waals surface area (Å²) < 4.78 is 0. The van der Waals surface area contributed by atoms with E-state index in [0.29, 0.717) is 11.5 Å². The van der Waals surface area contributed by atoms with Crippen LogP contribution in [0.4, 0.5) is 11.6 Å². The molecule has 2 N–H and O–H groups in total. The second kappa shape index (κ2) is 6.43. The molecule has 0 unspecified atom stereocenters. The van der Waals surface area contributed by atoms with E-state index in [4.69, 9.17) is 5.11 Å². The lowest BCUT2D eigenvalue weighted by atomic mass is 10.0. The Balaban J connectivity index is 1.70. The Labute approximate surface area is 128 Å². The van der Waals surface area contributed by atoms with Crippen LogP contribution in [0.1, 0.15) is 23.2 Å². The summed E-state index contributed by atoms with van der Waals surface area (Å²) in [6.45, 7) is 1.73. The molecule has 2 aromatic rings. The monoisotopic (exact) mass is 298 g/mol. The largest absolute Gasteiger partial charge is 0.478 e. The van der Waals surface area contributed by atoms with Crippen LogP contribution in [0.2, 0.25) is 0 Å². The fourth-order valence-corrected chi connectivity index (χ4v) is 2.72. The Morgan fingerprint density at radius 2 is 2.09 bits per heavy atom. The number of hydrogen-bond donors (Lipinski definition) is 2. The molecule has 1 aliphatic heterocycles. The average molecular weight is 298 g/mol. The van der Waals surface area contributed by atoms with Crippen molar-refractivity contribution in [3.05, 3.63) is 48.3 Å². The van der Waals surface area contributed by atoms with Gasteiger partial charge in [0, 0.05) is 37.2 Å². The van der Waals surface area contributed by atoms with E-state index in [1.165, 1.54) is 0 Å². The lowest BCUT2D eigenvalue weighted by Crippen LogP contribution is -2.42. The molecule has 6 heteroatoms. The smallest absolute Gasteiger partial charge is 0.335 e. The summed E-state index contributed by atoms with van der Waals surface area (Å²) in [4.78, 5) is 21.7. The molecule has 1 aromatic carbocycles. The van der Waals surface area contributed by atoms with Gasteiger partial charge in [-0.25, -0.2) is 14.8 Å². The molecule has 1 atom stereocenters. The Morgan fingerprint density at radius 1 is 1.27 bits per heavy atom. The molecule has 0 amide bonds. The molecule has 0 bridgehead atoms. The maximum atomic E-state index is 11.1. The molecular formula is C16H18N4O2. The molecule has 2 heterocycles. The van der Waals surface area contributed by atoms with Crippen molar-refractivity contribution in [3.8, 4) is 0 Å². The van der Waals surface area contributed by atoms with E-state index in [1.807, 2.05) is 6.07 Å². The standard InChI is InChI=1S/C16H18N4O2/c21-15(22)12-4-1-6-14(10-12)20-9-2-5-13(11-20)19-16-17-7-3-8-18-16/h1,3-4,6-8,10,13H,2,5,9,11H2,(H,21,22)(H,17,18,19)/t13-/m0/s1. The maximum Gasteiger partial charge on any atom is 0.335 e. The van der Waals surface area contributed by atoms with Gasteiger partial charge in [-0.2, -0.15) is 0 Å². The zero-order valence-electron chi connectivity index (χ0n) is 12.1. The number of piperidine rings is 1. The summed E-state index contributed by atoms with van der Waals surface area (Å²) in [6.07, 6.45) is 5.52. The molecule has 22 heavy (non-hydrogen) atoms. The number of nitrogens with one attached hydrogen (secondary N) is 1. The predicted octanol–water partition coefficient (Wildman–Crippen LogP) is 2.26. The predicted molar refractivity (Wildman–Crippen MR) is 84.3 cm³/mol. The van der Waals surface area contributed by atoms with E-state index in [2.05, 4.69) is 20.2 Å². The highest BCUT2D eigenvalue weighted by atomic mass is 16.4. The molecule has 3 rings (SSSR count). The highest BCUT2D eigenvalue weighted by Crippen LogP contribution is 2.22. The molecule has 0 radical (unpaired) electrons.